The van der Waals surface area contributed by atoms with Crippen molar-refractivity contribution in [3.8, 4) is 0 Å². The van der Waals surface area contributed by atoms with Gasteiger partial charge in [0.1, 0.15) is 12.4 Å². The third kappa shape index (κ3) is 4.45. The van der Waals surface area contributed by atoms with Crippen LogP contribution in [0.15, 0.2) is 91.3 Å². The van der Waals surface area contributed by atoms with Crippen LogP contribution in [0.4, 0.5) is 0 Å². The molecule has 1 aliphatic carbocycles. The normalized spacial score (nSPS) is 17.1. The van der Waals surface area contributed by atoms with Gasteiger partial charge in [0.15, 0.2) is 0 Å². The number of hydrogen-bond donors (Lipinski definition) is 0. The van der Waals surface area contributed by atoms with Crippen molar-refractivity contribution in [1.82, 2.24) is 4.98 Å². The lowest BCUT2D eigenvalue weighted by Gasteiger charge is -2.07. The quantitative estimate of drug-likeness (QED) is 0.369. The zero-order valence-electron chi connectivity index (χ0n) is 17.6. The second-order valence-electron chi connectivity index (χ2n) is 8.34. The van der Waals surface area contributed by atoms with Crippen LogP contribution in [-0.4, -0.2) is 16.7 Å². The number of carbonyl (C=O) groups excluding carboxylic acids is 2. The first-order valence-electron chi connectivity index (χ1n) is 10.8. The first-order chi connectivity index (χ1) is 15.7. The fourth-order valence-electron chi connectivity index (χ4n) is 4.20. The number of nitrogens with zero attached hydrogens (tertiary/aromatic N) is 1. The van der Waals surface area contributed by atoms with Crippen LogP contribution in [0.25, 0.3) is 10.8 Å². The Morgan fingerprint density at radius 1 is 0.875 bits per heavy atom. The van der Waals surface area contributed by atoms with E-state index < -0.39 is 0 Å². The Kier molecular flexibility index (Phi) is 5.51. The van der Waals surface area contributed by atoms with E-state index in [9.17, 15) is 9.59 Å². The second kappa shape index (κ2) is 8.75. The number of pyridine rings is 1. The number of esters is 1. The number of carbonyl (C=O) groups is 2. The van der Waals surface area contributed by atoms with Gasteiger partial charge in [-0.2, -0.15) is 0 Å². The van der Waals surface area contributed by atoms with E-state index in [0.717, 1.165) is 33.9 Å². The van der Waals surface area contributed by atoms with Gasteiger partial charge in [-0.1, -0.05) is 60.7 Å². The number of fused-ring (bicyclic) bond motifs is 1. The summed E-state index contributed by atoms with van der Waals surface area (Å²) in [5.41, 5.74) is 3.54. The van der Waals surface area contributed by atoms with Gasteiger partial charge in [-0.3, -0.25) is 9.78 Å². The summed E-state index contributed by atoms with van der Waals surface area (Å²) in [6, 6.07) is 25.2. The number of ketones is 1. The Balaban J connectivity index is 1.21. The average Bonchev–Trinajstić information content (AvgIpc) is 3.65. The molecule has 1 fully saturated rings. The van der Waals surface area contributed by atoms with Gasteiger partial charge in [0.2, 0.25) is 0 Å². The first-order valence-corrected chi connectivity index (χ1v) is 10.8. The van der Waals surface area contributed by atoms with Crippen LogP contribution in [0.3, 0.4) is 0 Å². The van der Waals surface area contributed by atoms with Crippen LogP contribution in [0.5, 0.6) is 0 Å². The predicted octanol–water partition coefficient (Wildman–Crippen LogP) is 5.51. The molecule has 0 N–H and O–H groups in total. The minimum atomic E-state index is -0.343. The van der Waals surface area contributed by atoms with Crippen molar-refractivity contribution in [3.63, 3.8) is 0 Å². The van der Waals surface area contributed by atoms with E-state index in [-0.39, 0.29) is 30.2 Å². The molecule has 0 bridgehead atoms. The van der Waals surface area contributed by atoms with E-state index in [0.29, 0.717) is 12.0 Å². The SMILES string of the molecule is O=C(OCc1ccccc1)c1cccc([C@@H]2C[C@H]2C(=O)Cc2ccc3cnccc3c2)c1. The van der Waals surface area contributed by atoms with E-state index in [1.54, 1.807) is 12.3 Å². The largest absolute Gasteiger partial charge is 0.457 e. The summed E-state index contributed by atoms with van der Waals surface area (Å²) in [4.78, 5) is 29.5. The molecular weight excluding hydrogens is 398 g/mol. The summed E-state index contributed by atoms with van der Waals surface area (Å²) in [7, 11) is 0. The van der Waals surface area contributed by atoms with Crippen LogP contribution in [-0.2, 0) is 22.6 Å². The van der Waals surface area contributed by atoms with Gasteiger partial charge in [0, 0.05) is 30.1 Å². The summed E-state index contributed by atoms with van der Waals surface area (Å²) in [5, 5.41) is 2.17. The molecule has 0 aliphatic heterocycles. The molecule has 4 heteroatoms. The number of hydrogen-bond acceptors (Lipinski definition) is 4. The molecule has 5 rings (SSSR count). The molecule has 1 heterocycles. The van der Waals surface area contributed by atoms with Crippen molar-refractivity contribution in [1.29, 1.82) is 0 Å². The lowest BCUT2D eigenvalue weighted by molar-refractivity contribution is -0.119. The van der Waals surface area contributed by atoms with Gasteiger partial charge in [-0.25, -0.2) is 4.79 Å². The molecule has 158 valence electrons. The van der Waals surface area contributed by atoms with Gasteiger partial charge >= 0.3 is 5.97 Å². The van der Waals surface area contributed by atoms with Crippen molar-refractivity contribution < 1.29 is 14.3 Å². The van der Waals surface area contributed by atoms with Gasteiger partial charge in [0.05, 0.1) is 5.56 Å². The fourth-order valence-corrected chi connectivity index (χ4v) is 4.20. The second-order valence-corrected chi connectivity index (χ2v) is 8.34. The zero-order chi connectivity index (χ0) is 21.9. The van der Waals surface area contributed by atoms with E-state index >= 15 is 0 Å². The van der Waals surface area contributed by atoms with Crippen molar-refractivity contribution in [2.45, 2.75) is 25.4 Å². The third-order valence-corrected chi connectivity index (χ3v) is 6.05. The maximum Gasteiger partial charge on any atom is 0.338 e. The van der Waals surface area contributed by atoms with Crippen LogP contribution < -0.4 is 0 Å². The van der Waals surface area contributed by atoms with Crippen molar-refractivity contribution in [2.75, 3.05) is 0 Å². The fraction of sp³-hybridized carbons (Fsp3) is 0.179. The molecule has 0 unspecified atom stereocenters. The smallest absolute Gasteiger partial charge is 0.338 e. The van der Waals surface area contributed by atoms with Crippen molar-refractivity contribution in [2.24, 2.45) is 5.92 Å². The maximum atomic E-state index is 12.9. The summed E-state index contributed by atoms with van der Waals surface area (Å²) < 4.78 is 5.45. The molecular formula is C28H23NO3. The van der Waals surface area contributed by atoms with Gasteiger partial charge in [-0.15, -0.1) is 0 Å². The van der Waals surface area contributed by atoms with E-state index in [1.165, 1.54) is 0 Å². The minimum absolute atomic E-state index is 0.0127. The van der Waals surface area contributed by atoms with Crippen LogP contribution in [0.2, 0.25) is 0 Å². The highest BCUT2D eigenvalue weighted by atomic mass is 16.5. The van der Waals surface area contributed by atoms with E-state index in [4.69, 9.17) is 4.74 Å². The summed E-state index contributed by atoms with van der Waals surface area (Å²) >= 11 is 0. The minimum Gasteiger partial charge on any atom is -0.457 e. The van der Waals surface area contributed by atoms with Crippen LogP contribution >= 0.6 is 0 Å². The number of Topliss-reactive ketones (excluding diaryl/α,β-unsaturated/α-hetero) is 1. The number of benzene rings is 3. The molecule has 0 radical (unpaired) electrons. The Labute approximate surface area is 186 Å². The molecule has 1 aliphatic rings. The summed E-state index contributed by atoms with van der Waals surface area (Å²) in [5.74, 6) is 0.0955. The molecule has 0 spiro atoms. The van der Waals surface area contributed by atoms with Crippen LogP contribution in [0, 0.1) is 5.92 Å². The molecule has 4 aromatic rings. The van der Waals surface area contributed by atoms with E-state index in [1.807, 2.05) is 72.9 Å². The van der Waals surface area contributed by atoms with Crippen molar-refractivity contribution in [3.05, 3.63) is 114 Å². The number of rotatable bonds is 7. The maximum absolute atomic E-state index is 12.9. The zero-order valence-corrected chi connectivity index (χ0v) is 17.6. The molecule has 0 amide bonds. The standard InChI is InChI=1S/C28H23NO3/c30-27(14-20-9-10-24-17-29-12-11-21(24)13-20)26-16-25(26)22-7-4-8-23(15-22)28(31)32-18-19-5-2-1-3-6-19/h1-13,15,17,25-26H,14,16,18H2/t25-,26+/m0/s1. The lowest BCUT2D eigenvalue weighted by Crippen LogP contribution is -2.07. The Morgan fingerprint density at radius 3 is 2.62 bits per heavy atom. The first kappa shape index (κ1) is 20.1. The van der Waals surface area contributed by atoms with E-state index in [2.05, 4.69) is 11.1 Å². The monoisotopic (exact) mass is 421 g/mol. The highest BCUT2D eigenvalue weighted by Crippen LogP contribution is 2.48. The Morgan fingerprint density at radius 2 is 1.75 bits per heavy atom. The summed E-state index contributed by atoms with van der Waals surface area (Å²) in [6.45, 7) is 0.246. The number of aromatic nitrogens is 1. The Hall–Kier alpha value is -3.79. The highest BCUT2D eigenvalue weighted by molar-refractivity contribution is 5.91. The molecule has 0 saturated heterocycles. The van der Waals surface area contributed by atoms with Crippen LogP contribution in [0.1, 0.15) is 39.4 Å². The van der Waals surface area contributed by atoms with Gasteiger partial charge < -0.3 is 4.74 Å². The molecule has 3 aromatic carbocycles. The van der Waals surface area contributed by atoms with Gasteiger partial charge in [0.25, 0.3) is 0 Å². The topological polar surface area (TPSA) is 56.3 Å². The molecule has 32 heavy (non-hydrogen) atoms. The molecule has 1 saturated carbocycles. The van der Waals surface area contributed by atoms with Gasteiger partial charge in [-0.05, 0) is 52.6 Å². The van der Waals surface area contributed by atoms with Crippen molar-refractivity contribution >= 4 is 22.5 Å². The third-order valence-electron chi connectivity index (χ3n) is 6.05. The predicted molar refractivity (Wildman–Crippen MR) is 123 cm³/mol. The average molecular weight is 421 g/mol. The summed E-state index contributed by atoms with van der Waals surface area (Å²) in [6.07, 6.45) is 4.86. The Bertz CT molecular complexity index is 1280. The number of ether oxygens (including phenoxy) is 1. The molecule has 4 nitrogen and oxygen atoms in total. The molecule has 1 aromatic heterocycles. The lowest BCUT2D eigenvalue weighted by atomic mass is 10.00. The highest BCUT2D eigenvalue weighted by Gasteiger charge is 2.43. The molecule has 2 atom stereocenters.